The summed E-state index contributed by atoms with van der Waals surface area (Å²) in [5, 5.41) is 0. The first kappa shape index (κ1) is 15.6. The number of hydrogen-bond donors (Lipinski definition) is 3. The monoisotopic (exact) mass is 328 g/mol. The highest BCUT2D eigenvalue weighted by Gasteiger charge is 2.11. The Labute approximate surface area is 120 Å². The number of nitrogen functional groups attached to an aromatic ring is 1. The van der Waals surface area contributed by atoms with Gasteiger partial charge in [-0.3, -0.25) is 19.9 Å². The van der Waals surface area contributed by atoms with E-state index in [0.29, 0.717) is 18.7 Å². The fourth-order valence-electron chi connectivity index (χ4n) is 1.64. The Hall–Kier alpha value is -1.44. The largest absolute Gasteiger partial charge is 0.369 e. The highest BCUT2D eigenvalue weighted by molar-refractivity contribution is 9.10. The van der Waals surface area contributed by atoms with Gasteiger partial charge in [-0.25, -0.2) is 5.84 Å². The quantitative estimate of drug-likeness (QED) is 0.398. The molecule has 104 valence electrons. The van der Waals surface area contributed by atoms with Gasteiger partial charge in [-0.2, -0.15) is 0 Å². The maximum atomic E-state index is 11.4. The van der Waals surface area contributed by atoms with Crippen LogP contribution in [0.15, 0.2) is 22.7 Å². The molecular weight excluding hydrogens is 312 g/mol. The highest BCUT2D eigenvalue weighted by Crippen LogP contribution is 2.20. The van der Waals surface area contributed by atoms with Crippen molar-refractivity contribution in [3.8, 4) is 0 Å². The summed E-state index contributed by atoms with van der Waals surface area (Å²) in [5.41, 5.74) is 8.70. The number of carbonyl (C=O) groups is 2. The number of rotatable bonds is 6. The Balaban J connectivity index is 2.84. The van der Waals surface area contributed by atoms with Gasteiger partial charge >= 0.3 is 0 Å². The van der Waals surface area contributed by atoms with Crippen molar-refractivity contribution in [2.45, 2.75) is 13.5 Å². The Bertz CT molecular complexity index is 479. The van der Waals surface area contributed by atoms with Crippen LogP contribution in [0.2, 0.25) is 0 Å². The molecule has 0 spiro atoms. The molecule has 2 amide bonds. The van der Waals surface area contributed by atoms with Gasteiger partial charge in [0.2, 0.25) is 5.91 Å². The van der Waals surface area contributed by atoms with Gasteiger partial charge in [-0.1, -0.05) is 28.9 Å². The summed E-state index contributed by atoms with van der Waals surface area (Å²) in [5.74, 6) is 4.36. The second-order valence-electron chi connectivity index (χ2n) is 4.05. The number of benzene rings is 1. The minimum Gasteiger partial charge on any atom is -0.369 e. The smallest absolute Gasteiger partial charge is 0.265 e. The molecule has 0 aliphatic rings. The Morgan fingerprint density at radius 3 is 2.58 bits per heavy atom. The molecule has 1 aromatic carbocycles. The van der Waals surface area contributed by atoms with Crippen LogP contribution in [0.4, 0.5) is 0 Å². The molecular formula is C12H17BrN4O2. The van der Waals surface area contributed by atoms with E-state index in [0.717, 1.165) is 10.0 Å². The van der Waals surface area contributed by atoms with Crippen LogP contribution < -0.4 is 17.0 Å². The summed E-state index contributed by atoms with van der Waals surface area (Å²) in [6, 6.07) is 5.19. The summed E-state index contributed by atoms with van der Waals surface area (Å²) in [7, 11) is 0. The molecule has 0 heterocycles. The number of nitrogens with one attached hydrogen (secondary N) is 1. The molecule has 0 atom stereocenters. The van der Waals surface area contributed by atoms with Gasteiger partial charge in [0.25, 0.3) is 5.91 Å². The fraction of sp³-hybridized carbons (Fsp3) is 0.333. The lowest BCUT2D eigenvalue weighted by atomic mass is 10.1. The predicted molar refractivity (Wildman–Crippen MR) is 75.9 cm³/mol. The standard InChI is InChI=1S/C12H17BrN4O2/c1-2-17(7-11(14)18)6-9-4-3-8(5-10(9)13)12(19)16-15/h3-5H,2,6-7,15H2,1H3,(H2,14,18)(H,16,19). The normalized spacial score (nSPS) is 10.5. The molecule has 0 bridgehead atoms. The zero-order valence-corrected chi connectivity index (χ0v) is 12.2. The maximum absolute atomic E-state index is 11.4. The summed E-state index contributed by atoms with van der Waals surface area (Å²) in [6.07, 6.45) is 0. The Kier molecular flexibility index (Phi) is 5.94. The predicted octanol–water partition coefficient (Wildman–Crippen LogP) is 0.360. The van der Waals surface area contributed by atoms with Crippen LogP contribution in [0.3, 0.4) is 0 Å². The minimum absolute atomic E-state index is 0.202. The number of likely N-dealkylation sites (N-methyl/N-ethyl adjacent to an activating group) is 1. The number of primary amides is 1. The summed E-state index contributed by atoms with van der Waals surface area (Å²) < 4.78 is 0.788. The van der Waals surface area contributed by atoms with Crippen LogP contribution in [-0.4, -0.2) is 29.8 Å². The molecule has 0 fully saturated rings. The molecule has 7 heteroatoms. The van der Waals surface area contributed by atoms with Crippen molar-refractivity contribution in [1.82, 2.24) is 10.3 Å². The van der Waals surface area contributed by atoms with Gasteiger partial charge in [0.05, 0.1) is 6.54 Å². The average molecular weight is 329 g/mol. The van der Waals surface area contributed by atoms with E-state index in [1.54, 1.807) is 12.1 Å². The van der Waals surface area contributed by atoms with Gasteiger partial charge in [-0.15, -0.1) is 0 Å². The van der Waals surface area contributed by atoms with Gasteiger partial charge in [0.15, 0.2) is 0 Å². The second kappa shape index (κ2) is 7.22. The molecule has 5 N–H and O–H groups in total. The molecule has 19 heavy (non-hydrogen) atoms. The van der Waals surface area contributed by atoms with Crippen LogP contribution >= 0.6 is 15.9 Å². The van der Waals surface area contributed by atoms with E-state index in [1.807, 2.05) is 17.9 Å². The van der Waals surface area contributed by atoms with Crippen molar-refractivity contribution in [3.05, 3.63) is 33.8 Å². The molecule has 1 aromatic rings. The topological polar surface area (TPSA) is 101 Å². The molecule has 0 unspecified atom stereocenters. The number of halogens is 1. The first-order valence-corrected chi connectivity index (χ1v) is 6.57. The molecule has 0 saturated heterocycles. The van der Waals surface area contributed by atoms with E-state index < -0.39 is 0 Å². The van der Waals surface area contributed by atoms with Crippen molar-refractivity contribution in [2.75, 3.05) is 13.1 Å². The minimum atomic E-state index is -0.364. The number of carbonyl (C=O) groups excluding carboxylic acids is 2. The lowest BCUT2D eigenvalue weighted by molar-refractivity contribution is -0.119. The molecule has 6 nitrogen and oxygen atoms in total. The van der Waals surface area contributed by atoms with E-state index >= 15 is 0 Å². The van der Waals surface area contributed by atoms with Gasteiger partial charge < -0.3 is 5.73 Å². The molecule has 0 radical (unpaired) electrons. The van der Waals surface area contributed by atoms with E-state index in [2.05, 4.69) is 21.4 Å². The first-order chi connectivity index (χ1) is 8.97. The number of hydrazine groups is 1. The average Bonchev–Trinajstić information content (AvgIpc) is 2.38. The third-order valence-corrected chi connectivity index (χ3v) is 3.41. The van der Waals surface area contributed by atoms with Crippen molar-refractivity contribution < 1.29 is 9.59 Å². The lowest BCUT2D eigenvalue weighted by Gasteiger charge is -2.19. The van der Waals surface area contributed by atoms with E-state index in [9.17, 15) is 9.59 Å². The number of amides is 2. The third kappa shape index (κ3) is 4.62. The van der Waals surface area contributed by atoms with Crippen LogP contribution in [0.25, 0.3) is 0 Å². The van der Waals surface area contributed by atoms with Gasteiger partial charge in [0.1, 0.15) is 0 Å². The SMILES string of the molecule is CCN(CC(N)=O)Cc1ccc(C(=O)NN)cc1Br. The van der Waals surface area contributed by atoms with E-state index in [1.165, 1.54) is 0 Å². The summed E-state index contributed by atoms with van der Waals surface area (Å²) >= 11 is 3.40. The molecule has 0 aromatic heterocycles. The van der Waals surface area contributed by atoms with Crippen LogP contribution in [0.1, 0.15) is 22.8 Å². The van der Waals surface area contributed by atoms with Crippen LogP contribution in [-0.2, 0) is 11.3 Å². The third-order valence-electron chi connectivity index (χ3n) is 2.67. The summed E-state index contributed by atoms with van der Waals surface area (Å²) in [6.45, 7) is 3.44. The van der Waals surface area contributed by atoms with Gasteiger partial charge in [0, 0.05) is 16.6 Å². The summed E-state index contributed by atoms with van der Waals surface area (Å²) in [4.78, 5) is 24.2. The molecule has 0 aliphatic heterocycles. The second-order valence-corrected chi connectivity index (χ2v) is 4.90. The number of nitrogens with zero attached hydrogens (tertiary/aromatic N) is 1. The van der Waals surface area contributed by atoms with Crippen molar-refractivity contribution in [1.29, 1.82) is 0 Å². The van der Waals surface area contributed by atoms with Gasteiger partial charge in [-0.05, 0) is 24.2 Å². The van der Waals surface area contributed by atoms with E-state index in [4.69, 9.17) is 11.6 Å². The van der Waals surface area contributed by atoms with Crippen molar-refractivity contribution >= 4 is 27.7 Å². The molecule has 1 rings (SSSR count). The fourth-order valence-corrected chi connectivity index (χ4v) is 2.15. The first-order valence-electron chi connectivity index (χ1n) is 5.78. The molecule has 0 aliphatic carbocycles. The number of hydrogen-bond acceptors (Lipinski definition) is 4. The van der Waals surface area contributed by atoms with Crippen molar-refractivity contribution in [3.63, 3.8) is 0 Å². The maximum Gasteiger partial charge on any atom is 0.265 e. The zero-order chi connectivity index (χ0) is 14.4. The van der Waals surface area contributed by atoms with E-state index in [-0.39, 0.29) is 18.4 Å². The Morgan fingerprint density at radius 1 is 1.42 bits per heavy atom. The lowest BCUT2D eigenvalue weighted by Crippen LogP contribution is -2.33. The van der Waals surface area contributed by atoms with Crippen LogP contribution in [0, 0.1) is 0 Å². The Morgan fingerprint density at radius 2 is 2.11 bits per heavy atom. The van der Waals surface area contributed by atoms with Crippen molar-refractivity contribution in [2.24, 2.45) is 11.6 Å². The van der Waals surface area contributed by atoms with Crippen LogP contribution in [0.5, 0.6) is 0 Å². The highest BCUT2D eigenvalue weighted by atomic mass is 79.9. The number of nitrogens with two attached hydrogens (primary N) is 2. The zero-order valence-electron chi connectivity index (χ0n) is 10.6. The molecule has 0 saturated carbocycles.